The van der Waals surface area contributed by atoms with Crippen LogP contribution in [0.4, 0.5) is 0 Å². The van der Waals surface area contributed by atoms with Crippen LogP contribution in [0.25, 0.3) is 0 Å². The summed E-state index contributed by atoms with van der Waals surface area (Å²) in [5, 5.41) is 0. The summed E-state index contributed by atoms with van der Waals surface area (Å²) in [6.07, 6.45) is 7.38. The molecule has 0 aromatic heterocycles. The lowest BCUT2D eigenvalue weighted by molar-refractivity contribution is 0.492. The average Bonchev–Trinajstić information content (AvgIpc) is 2.13. The molecule has 1 nitrogen and oxygen atoms in total. The molecule has 0 rings (SSSR count). The summed E-state index contributed by atoms with van der Waals surface area (Å²) in [4.78, 5) is 2.15. The van der Waals surface area contributed by atoms with Crippen molar-refractivity contribution in [2.45, 2.75) is 27.2 Å². The largest absolute Gasteiger partial charge is 0.381 e. The molecule has 0 bridgehead atoms. The molecular weight excluding hydrogens is 170 g/mol. The second kappa shape index (κ2) is 6.47. The molecule has 14 heavy (non-hydrogen) atoms. The molecule has 0 aliphatic rings. The van der Waals surface area contributed by atoms with Crippen molar-refractivity contribution < 1.29 is 0 Å². The predicted octanol–water partition coefficient (Wildman–Crippen LogP) is 3.61. The lowest BCUT2D eigenvalue weighted by Gasteiger charge is -2.19. The Morgan fingerprint density at radius 3 is 2.29 bits per heavy atom. The first-order valence-corrected chi connectivity index (χ1v) is 5.15. The Labute approximate surface area is 88.8 Å². The Bertz CT molecular complexity index is 234. The van der Waals surface area contributed by atoms with Gasteiger partial charge in [-0.05, 0) is 19.8 Å². The number of nitrogens with zero attached hydrogens (tertiary/aromatic N) is 1. The molecule has 1 heteroatoms. The van der Waals surface area contributed by atoms with Crippen molar-refractivity contribution in [3.63, 3.8) is 0 Å². The Hall–Kier alpha value is -0.980. The van der Waals surface area contributed by atoms with Crippen molar-refractivity contribution in [3.05, 3.63) is 36.1 Å². The third kappa shape index (κ3) is 4.31. The molecule has 0 aliphatic carbocycles. The molecule has 0 aromatic carbocycles. The van der Waals surface area contributed by atoms with Gasteiger partial charge in [-0.25, -0.2) is 0 Å². The van der Waals surface area contributed by atoms with Crippen LogP contribution in [0.3, 0.4) is 0 Å². The van der Waals surface area contributed by atoms with Gasteiger partial charge in [0.05, 0.1) is 0 Å². The van der Waals surface area contributed by atoms with Gasteiger partial charge in [-0.2, -0.15) is 0 Å². The summed E-state index contributed by atoms with van der Waals surface area (Å²) in [5.41, 5.74) is 2.59. The van der Waals surface area contributed by atoms with Crippen LogP contribution >= 0.6 is 0 Å². The zero-order valence-electron chi connectivity index (χ0n) is 10.2. The van der Waals surface area contributed by atoms with E-state index in [1.807, 2.05) is 6.92 Å². The fourth-order valence-corrected chi connectivity index (χ4v) is 1.34. The minimum absolute atomic E-state index is 0.467. The fourth-order valence-electron chi connectivity index (χ4n) is 1.34. The molecule has 0 spiro atoms. The van der Waals surface area contributed by atoms with E-state index in [-0.39, 0.29) is 0 Å². The molecule has 1 atom stereocenters. The van der Waals surface area contributed by atoms with E-state index in [2.05, 4.69) is 57.6 Å². The van der Waals surface area contributed by atoms with E-state index in [0.29, 0.717) is 5.92 Å². The molecule has 0 unspecified atom stereocenters. The van der Waals surface area contributed by atoms with Crippen LogP contribution in [0.5, 0.6) is 0 Å². The standard InChI is InChI=1S/C13H23N/c1-7-9-11(3)12(4)10-13(8-2)14(5)6/h7-9,11H,4,10H2,1-3,5-6H3/b9-7-,13-8+/t11-/m0/s1. The van der Waals surface area contributed by atoms with Gasteiger partial charge in [0.15, 0.2) is 0 Å². The van der Waals surface area contributed by atoms with Gasteiger partial charge < -0.3 is 4.90 Å². The molecule has 0 saturated heterocycles. The topological polar surface area (TPSA) is 3.24 Å². The second-order valence-electron chi connectivity index (χ2n) is 3.82. The Morgan fingerprint density at radius 1 is 1.36 bits per heavy atom. The van der Waals surface area contributed by atoms with Gasteiger partial charge in [-0.3, -0.25) is 0 Å². The summed E-state index contributed by atoms with van der Waals surface area (Å²) in [6, 6.07) is 0. The highest BCUT2D eigenvalue weighted by Crippen LogP contribution is 2.19. The molecule has 0 fully saturated rings. The SMILES string of the molecule is C=C(C/C(=C\C)N(C)C)[C@@H](C)/C=C\C. The maximum atomic E-state index is 4.12. The predicted molar refractivity (Wildman–Crippen MR) is 65.2 cm³/mol. The van der Waals surface area contributed by atoms with E-state index in [1.165, 1.54) is 11.3 Å². The number of rotatable bonds is 5. The third-order valence-corrected chi connectivity index (χ3v) is 2.44. The number of hydrogen-bond donors (Lipinski definition) is 0. The number of hydrogen-bond acceptors (Lipinski definition) is 1. The van der Waals surface area contributed by atoms with Gasteiger partial charge in [0.1, 0.15) is 0 Å². The van der Waals surface area contributed by atoms with Crippen LogP contribution in [0.1, 0.15) is 27.2 Å². The van der Waals surface area contributed by atoms with Crippen LogP contribution in [0.15, 0.2) is 36.1 Å². The Morgan fingerprint density at radius 2 is 1.93 bits per heavy atom. The Kier molecular flexibility index (Phi) is 6.02. The van der Waals surface area contributed by atoms with Crippen molar-refractivity contribution in [2.24, 2.45) is 5.92 Å². The Balaban J connectivity index is 4.31. The van der Waals surface area contributed by atoms with Crippen molar-refractivity contribution in [1.82, 2.24) is 4.90 Å². The van der Waals surface area contributed by atoms with E-state index < -0.39 is 0 Å². The van der Waals surface area contributed by atoms with Gasteiger partial charge in [0.2, 0.25) is 0 Å². The average molecular weight is 193 g/mol. The number of allylic oxidation sites excluding steroid dienone is 4. The smallest absolute Gasteiger partial charge is 0.0125 e. The van der Waals surface area contributed by atoms with Gasteiger partial charge in [0, 0.05) is 26.2 Å². The molecule has 0 N–H and O–H groups in total. The maximum Gasteiger partial charge on any atom is 0.0125 e. The minimum Gasteiger partial charge on any atom is -0.381 e. The van der Waals surface area contributed by atoms with Crippen molar-refractivity contribution in [2.75, 3.05) is 14.1 Å². The molecule has 0 radical (unpaired) electrons. The highest BCUT2D eigenvalue weighted by atomic mass is 15.1. The molecule has 0 amide bonds. The van der Waals surface area contributed by atoms with E-state index in [9.17, 15) is 0 Å². The fraction of sp³-hybridized carbons (Fsp3) is 0.538. The highest BCUT2D eigenvalue weighted by Gasteiger charge is 2.06. The minimum atomic E-state index is 0.467. The van der Waals surface area contributed by atoms with Crippen molar-refractivity contribution in [1.29, 1.82) is 0 Å². The molecule has 80 valence electrons. The van der Waals surface area contributed by atoms with Crippen LogP contribution in [0.2, 0.25) is 0 Å². The summed E-state index contributed by atoms with van der Waals surface area (Å²) in [7, 11) is 4.14. The first-order chi connectivity index (χ1) is 6.52. The van der Waals surface area contributed by atoms with Gasteiger partial charge in [0.25, 0.3) is 0 Å². The molecule has 0 aromatic rings. The van der Waals surface area contributed by atoms with Crippen LogP contribution < -0.4 is 0 Å². The normalized spacial score (nSPS) is 14.5. The summed E-state index contributed by atoms with van der Waals surface area (Å²) in [6.45, 7) is 10.4. The molecule has 0 saturated carbocycles. The van der Waals surface area contributed by atoms with Gasteiger partial charge >= 0.3 is 0 Å². The first-order valence-electron chi connectivity index (χ1n) is 5.15. The highest BCUT2D eigenvalue weighted by molar-refractivity contribution is 5.16. The zero-order chi connectivity index (χ0) is 11.1. The molecular formula is C13H23N. The maximum absolute atomic E-state index is 4.12. The van der Waals surface area contributed by atoms with Crippen LogP contribution in [-0.4, -0.2) is 19.0 Å². The second-order valence-corrected chi connectivity index (χ2v) is 3.82. The lowest BCUT2D eigenvalue weighted by atomic mass is 9.97. The summed E-state index contributed by atoms with van der Waals surface area (Å²) < 4.78 is 0. The summed E-state index contributed by atoms with van der Waals surface area (Å²) >= 11 is 0. The van der Waals surface area contributed by atoms with Crippen LogP contribution in [0, 0.1) is 5.92 Å². The monoisotopic (exact) mass is 193 g/mol. The first kappa shape index (κ1) is 13.0. The molecule has 0 heterocycles. The van der Waals surface area contributed by atoms with E-state index in [0.717, 1.165) is 6.42 Å². The lowest BCUT2D eigenvalue weighted by Crippen LogP contribution is -2.12. The van der Waals surface area contributed by atoms with Crippen molar-refractivity contribution in [3.8, 4) is 0 Å². The van der Waals surface area contributed by atoms with Crippen LogP contribution in [-0.2, 0) is 0 Å². The third-order valence-electron chi connectivity index (χ3n) is 2.44. The summed E-state index contributed by atoms with van der Waals surface area (Å²) in [5.74, 6) is 0.467. The quantitative estimate of drug-likeness (QED) is 0.603. The van der Waals surface area contributed by atoms with Gasteiger partial charge in [-0.1, -0.05) is 37.3 Å². The molecule has 0 aliphatic heterocycles. The zero-order valence-corrected chi connectivity index (χ0v) is 10.2. The van der Waals surface area contributed by atoms with Gasteiger partial charge in [-0.15, -0.1) is 0 Å². The van der Waals surface area contributed by atoms with E-state index >= 15 is 0 Å². The van der Waals surface area contributed by atoms with Crippen molar-refractivity contribution >= 4 is 0 Å². The van der Waals surface area contributed by atoms with E-state index in [1.54, 1.807) is 0 Å². The van der Waals surface area contributed by atoms with E-state index in [4.69, 9.17) is 0 Å².